The van der Waals surface area contributed by atoms with Crippen LogP contribution in [0.25, 0.3) is 0 Å². The molecule has 0 unspecified atom stereocenters. The van der Waals surface area contributed by atoms with Crippen molar-refractivity contribution < 1.29 is 17.9 Å². The van der Waals surface area contributed by atoms with Gasteiger partial charge < -0.3 is 9.64 Å². The maximum absolute atomic E-state index is 12.8. The van der Waals surface area contributed by atoms with Gasteiger partial charge in [0.1, 0.15) is 5.75 Å². The summed E-state index contributed by atoms with van der Waals surface area (Å²) in [4.78, 5) is 14.1. The van der Waals surface area contributed by atoms with Gasteiger partial charge in [-0.05, 0) is 53.8 Å². The molecule has 7 heteroatoms. The maximum atomic E-state index is 12.8. The Kier molecular flexibility index (Phi) is 4.20. The van der Waals surface area contributed by atoms with Gasteiger partial charge in [-0.25, -0.2) is 13.1 Å². The van der Waals surface area contributed by atoms with E-state index < -0.39 is 10.0 Å². The number of benzene rings is 2. The topological polar surface area (TPSA) is 75.7 Å². The fourth-order valence-electron chi connectivity index (χ4n) is 3.65. The van der Waals surface area contributed by atoms with E-state index in [1.807, 2.05) is 18.2 Å². The van der Waals surface area contributed by atoms with Crippen LogP contribution >= 0.6 is 0 Å². The standard InChI is InChI=1S/C19H20N2O4S/c1-25-16-6-2-4-13(8-16)12-20-26(23,24)17-9-14-5-3-7-21-18(22)11-15(10-17)19(14)21/h2,4,6,8-10,20H,3,5,7,11-12H2,1H3. The van der Waals surface area contributed by atoms with Crippen molar-refractivity contribution >= 4 is 21.6 Å². The van der Waals surface area contributed by atoms with Crippen LogP contribution in [0.15, 0.2) is 41.3 Å². The van der Waals surface area contributed by atoms with Crippen LogP contribution in [0.4, 0.5) is 5.69 Å². The normalized spacial score (nSPS) is 15.9. The lowest BCUT2D eigenvalue weighted by atomic mass is 10.0. The average Bonchev–Trinajstić information content (AvgIpc) is 2.97. The molecule has 2 heterocycles. The highest BCUT2D eigenvalue weighted by Crippen LogP contribution is 2.38. The molecule has 0 saturated carbocycles. The number of hydrogen-bond acceptors (Lipinski definition) is 4. The first-order valence-corrected chi connectivity index (χ1v) is 10.0. The molecule has 2 aromatic carbocycles. The summed E-state index contributed by atoms with van der Waals surface area (Å²) < 4.78 is 33.3. The van der Waals surface area contributed by atoms with Gasteiger partial charge in [-0.1, -0.05) is 12.1 Å². The largest absolute Gasteiger partial charge is 0.497 e. The molecule has 0 fully saturated rings. The van der Waals surface area contributed by atoms with Crippen LogP contribution < -0.4 is 14.4 Å². The molecule has 6 nitrogen and oxygen atoms in total. The van der Waals surface area contributed by atoms with Gasteiger partial charge in [0.2, 0.25) is 15.9 Å². The van der Waals surface area contributed by atoms with Crippen molar-refractivity contribution in [1.82, 2.24) is 4.72 Å². The van der Waals surface area contributed by atoms with Gasteiger partial charge in [-0.3, -0.25) is 4.79 Å². The quantitative estimate of drug-likeness (QED) is 0.871. The molecular weight excluding hydrogens is 352 g/mol. The van der Waals surface area contributed by atoms with Gasteiger partial charge in [0.05, 0.1) is 24.1 Å². The van der Waals surface area contributed by atoms with Crippen molar-refractivity contribution in [3.8, 4) is 5.75 Å². The predicted molar refractivity (Wildman–Crippen MR) is 97.8 cm³/mol. The van der Waals surface area contributed by atoms with Crippen molar-refractivity contribution in [3.63, 3.8) is 0 Å². The van der Waals surface area contributed by atoms with Gasteiger partial charge in [0, 0.05) is 13.1 Å². The highest BCUT2D eigenvalue weighted by molar-refractivity contribution is 7.89. The van der Waals surface area contributed by atoms with Crippen LogP contribution in [-0.2, 0) is 34.2 Å². The number of ether oxygens (including phenoxy) is 1. The second kappa shape index (κ2) is 6.41. The molecule has 0 bridgehead atoms. The Hall–Kier alpha value is -2.38. The minimum atomic E-state index is -3.66. The summed E-state index contributed by atoms with van der Waals surface area (Å²) in [5.74, 6) is 0.738. The van der Waals surface area contributed by atoms with Gasteiger partial charge in [0.15, 0.2) is 0 Å². The third kappa shape index (κ3) is 2.97. The fraction of sp³-hybridized carbons (Fsp3) is 0.316. The van der Waals surface area contributed by atoms with Crippen LogP contribution in [0.2, 0.25) is 0 Å². The average molecular weight is 372 g/mol. The first-order chi connectivity index (χ1) is 12.5. The van der Waals surface area contributed by atoms with Crippen LogP contribution in [0.1, 0.15) is 23.1 Å². The Labute approximate surface area is 152 Å². The van der Waals surface area contributed by atoms with E-state index >= 15 is 0 Å². The van der Waals surface area contributed by atoms with E-state index in [9.17, 15) is 13.2 Å². The highest BCUT2D eigenvalue weighted by atomic mass is 32.2. The minimum absolute atomic E-state index is 0.0554. The highest BCUT2D eigenvalue weighted by Gasteiger charge is 2.33. The molecule has 0 atom stereocenters. The lowest BCUT2D eigenvalue weighted by molar-refractivity contribution is -0.117. The molecule has 2 aliphatic heterocycles. The number of carbonyl (C=O) groups excluding carboxylic acids is 1. The summed E-state index contributed by atoms with van der Waals surface area (Å²) in [6.45, 7) is 0.899. The van der Waals surface area contributed by atoms with Crippen molar-refractivity contribution in [3.05, 3.63) is 53.1 Å². The Bertz CT molecular complexity index is 985. The van der Waals surface area contributed by atoms with Gasteiger partial charge >= 0.3 is 0 Å². The maximum Gasteiger partial charge on any atom is 0.240 e. The van der Waals surface area contributed by atoms with E-state index in [4.69, 9.17) is 4.74 Å². The molecule has 1 amide bonds. The zero-order valence-electron chi connectivity index (χ0n) is 14.5. The number of hydrogen-bond donors (Lipinski definition) is 1. The third-order valence-electron chi connectivity index (χ3n) is 4.89. The molecule has 2 aromatic rings. The first kappa shape index (κ1) is 17.1. The van der Waals surface area contributed by atoms with Crippen LogP contribution in [-0.4, -0.2) is 28.0 Å². The summed E-state index contributed by atoms with van der Waals surface area (Å²) in [6, 6.07) is 10.6. The number of methoxy groups -OCH3 is 1. The second-order valence-electron chi connectivity index (χ2n) is 6.59. The molecule has 1 N–H and O–H groups in total. The number of rotatable bonds is 5. The van der Waals surface area contributed by atoms with Crippen LogP contribution in [0.3, 0.4) is 0 Å². The molecule has 136 valence electrons. The predicted octanol–water partition coefficient (Wildman–Crippen LogP) is 2.01. The van der Waals surface area contributed by atoms with Crippen LogP contribution in [0.5, 0.6) is 5.75 Å². The number of carbonyl (C=O) groups is 1. The van der Waals surface area contributed by atoms with Crippen molar-refractivity contribution in [2.75, 3.05) is 18.6 Å². The van der Waals surface area contributed by atoms with E-state index in [0.29, 0.717) is 5.75 Å². The zero-order chi connectivity index (χ0) is 18.3. The summed E-state index contributed by atoms with van der Waals surface area (Å²) >= 11 is 0. The number of aryl methyl sites for hydroxylation is 1. The Morgan fingerprint density at radius 3 is 2.81 bits per heavy atom. The van der Waals surface area contributed by atoms with E-state index in [1.54, 1.807) is 30.2 Å². The summed E-state index contributed by atoms with van der Waals surface area (Å²) in [5, 5.41) is 0. The first-order valence-electron chi connectivity index (χ1n) is 8.57. The molecule has 0 spiro atoms. The second-order valence-corrected chi connectivity index (χ2v) is 8.36. The van der Waals surface area contributed by atoms with Crippen molar-refractivity contribution in [2.24, 2.45) is 0 Å². The molecule has 2 aliphatic rings. The molecule has 0 radical (unpaired) electrons. The zero-order valence-corrected chi connectivity index (χ0v) is 15.3. The van der Waals surface area contributed by atoms with Gasteiger partial charge in [-0.2, -0.15) is 0 Å². The smallest absolute Gasteiger partial charge is 0.240 e. The lowest BCUT2D eigenvalue weighted by Gasteiger charge is -2.26. The fourth-order valence-corrected chi connectivity index (χ4v) is 4.76. The Morgan fingerprint density at radius 1 is 1.19 bits per heavy atom. The minimum Gasteiger partial charge on any atom is -0.497 e. The van der Waals surface area contributed by atoms with Gasteiger partial charge in [0.25, 0.3) is 0 Å². The van der Waals surface area contributed by atoms with E-state index in [-0.39, 0.29) is 23.8 Å². The summed E-state index contributed by atoms with van der Waals surface area (Å²) in [7, 11) is -2.09. The molecule has 4 rings (SSSR count). The lowest BCUT2D eigenvalue weighted by Crippen LogP contribution is -2.31. The van der Waals surface area contributed by atoms with Gasteiger partial charge in [-0.15, -0.1) is 0 Å². The van der Waals surface area contributed by atoms with E-state index in [0.717, 1.165) is 41.8 Å². The molecule has 0 aromatic heterocycles. The SMILES string of the molecule is COc1cccc(CNS(=O)(=O)c2cc3c4c(c2)CC(=O)N4CCC3)c1. The monoisotopic (exact) mass is 372 g/mol. The van der Waals surface area contributed by atoms with Crippen molar-refractivity contribution in [1.29, 1.82) is 0 Å². The molecular formula is C19H20N2O4S. The third-order valence-corrected chi connectivity index (χ3v) is 6.27. The number of sulfonamides is 1. The van der Waals surface area contributed by atoms with Crippen LogP contribution in [0, 0.1) is 0 Å². The molecule has 26 heavy (non-hydrogen) atoms. The Morgan fingerprint density at radius 2 is 2.00 bits per heavy atom. The number of anilines is 1. The molecule has 0 saturated heterocycles. The van der Waals surface area contributed by atoms with Crippen molar-refractivity contribution in [2.45, 2.75) is 30.7 Å². The molecule has 0 aliphatic carbocycles. The number of amides is 1. The Balaban J connectivity index is 1.61. The van der Waals surface area contributed by atoms with E-state index in [2.05, 4.69) is 4.72 Å². The summed E-state index contributed by atoms with van der Waals surface area (Å²) in [6.07, 6.45) is 1.94. The summed E-state index contributed by atoms with van der Waals surface area (Å²) in [5.41, 5.74) is 3.50. The number of nitrogens with one attached hydrogen (secondary N) is 1. The number of nitrogens with zero attached hydrogens (tertiary/aromatic N) is 1. The van der Waals surface area contributed by atoms with E-state index in [1.165, 1.54) is 0 Å².